The van der Waals surface area contributed by atoms with Crippen LogP contribution in [0.2, 0.25) is 0 Å². The molecule has 0 amide bonds. The second-order valence-corrected chi connectivity index (χ2v) is 4.89. The van der Waals surface area contributed by atoms with Crippen molar-refractivity contribution in [2.24, 2.45) is 4.99 Å². The monoisotopic (exact) mass is 277 g/mol. The van der Waals surface area contributed by atoms with Crippen molar-refractivity contribution in [3.63, 3.8) is 0 Å². The first-order valence-electron chi connectivity index (χ1n) is 7.25. The van der Waals surface area contributed by atoms with Crippen LogP contribution in [0.1, 0.15) is 30.4 Å². The highest BCUT2D eigenvalue weighted by Crippen LogP contribution is 2.02. The van der Waals surface area contributed by atoms with Crippen LogP contribution in [0.5, 0.6) is 0 Å². The van der Waals surface area contributed by atoms with Crippen molar-refractivity contribution in [3.8, 4) is 0 Å². The Morgan fingerprint density at radius 2 is 1.85 bits per heavy atom. The van der Waals surface area contributed by atoms with Crippen molar-refractivity contribution in [3.05, 3.63) is 35.4 Å². The first-order chi connectivity index (χ1) is 9.76. The molecule has 0 unspecified atom stereocenters. The standard InChI is InChI=1S/C16H27N3O/c1-14-7-9-15(10-8-14)13-19-16(17-2)18-11-5-4-6-12-20-3/h7-10H,4-6,11-13H2,1-3H3,(H2,17,18,19). The number of ether oxygens (including phenoxy) is 1. The fraction of sp³-hybridized carbons (Fsp3) is 0.562. The van der Waals surface area contributed by atoms with Gasteiger partial charge in [0.2, 0.25) is 0 Å². The summed E-state index contributed by atoms with van der Waals surface area (Å²) in [6, 6.07) is 8.53. The zero-order valence-corrected chi connectivity index (χ0v) is 12.9. The van der Waals surface area contributed by atoms with Gasteiger partial charge in [0.1, 0.15) is 0 Å². The third kappa shape index (κ3) is 7.14. The predicted octanol–water partition coefficient (Wildman–Crippen LogP) is 2.48. The van der Waals surface area contributed by atoms with Gasteiger partial charge < -0.3 is 15.4 Å². The summed E-state index contributed by atoms with van der Waals surface area (Å²) in [5.74, 6) is 0.859. The van der Waals surface area contributed by atoms with Gasteiger partial charge in [0.25, 0.3) is 0 Å². The zero-order chi connectivity index (χ0) is 14.6. The number of nitrogens with zero attached hydrogens (tertiary/aromatic N) is 1. The summed E-state index contributed by atoms with van der Waals surface area (Å²) >= 11 is 0. The molecule has 0 aliphatic rings. The number of nitrogens with one attached hydrogen (secondary N) is 2. The van der Waals surface area contributed by atoms with E-state index in [1.807, 2.05) is 0 Å². The Labute approximate surface area is 122 Å². The number of rotatable bonds is 8. The molecule has 4 heteroatoms. The molecular formula is C16H27N3O. The Morgan fingerprint density at radius 3 is 2.50 bits per heavy atom. The third-order valence-electron chi connectivity index (χ3n) is 3.12. The van der Waals surface area contributed by atoms with Crippen LogP contribution in [0.3, 0.4) is 0 Å². The fourth-order valence-corrected chi connectivity index (χ4v) is 1.87. The molecule has 0 saturated heterocycles. The largest absolute Gasteiger partial charge is 0.385 e. The molecule has 0 aromatic heterocycles. The summed E-state index contributed by atoms with van der Waals surface area (Å²) in [5.41, 5.74) is 2.55. The number of unbranched alkanes of at least 4 members (excludes halogenated alkanes) is 2. The summed E-state index contributed by atoms with van der Waals surface area (Å²) in [6.07, 6.45) is 3.43. The summed E-state index contributed by atoms with van der Waals surface area (Å²) in [5, 5.41) is 6.65. The van der Waals surface area contributed by atoms with E-state index in [4.69, 9.17) is 4.74 Å². The van der Waals surface area contributed by atoms with Crippen molar-refractivity contribution in [1.29, 1.82) is 0 Å². The molecule has 1 aromatic rings. The van der Waals surface area contributed by atoms with E-state index in [1.54, 1.807) is 14.2 Å². The van der Waals surface area contributed by atoms with Crippen molar-refractivity contribution >= 4 is 5.96 Å². The van der Waals surface area contributed by atoms with Crippen LogP contribution in [0, 0.1) is 6.92 Å². The highest BCUT2D eigenvalue weighted by atomic mass is 16.5. The zero-order valence-electron chi connectivity index (χ0n) is 12.9. The van der Waals surface area contributed by atoms with Crippen LogP contribution in [0.15, 0.2) is 29.3 Å². The molecule has 0 spiro atoms. The predicted molar refractivity (Wildman–Crippen MR) is 85.1 cm³/mol. The average molecular weight is 277 g/mol. The van der Waals surface area contributed by atoms with E-state index in [-0.39, 0.29) is 0 Å². The number of hydrogen-bond acceptors (Lipinski definition) is 2. The molecule has 112 valence electrons. The van der Waals surface area contributed by atoms with E-state index in [9.17, 15) is 0 Å². The van der Waals surface area contributed by atoms with Crippen LogP contribution in [-0.2, 0) is 11.3 Å². The molecule has 0 heterocycles. The van der Waals surface area contributed by atoms with Gasteiger partial charge in [-0.05, 0) is 31.7 Å². The molecule has 0 aliphatic heterocycles. The lowest BCUT2D eigenvalue weighted by atomic mass is 10.1. The summed E-state index contributed by atoms with van der Waals surface area (Å²) in [7, 11) is 3.55. The van der Waals surface area contributed by atoms with Crippen molar-refractivity contribution in [2.75, 3.05) is 27.3 Å². The molecule has 0 bridgehead atoms. The number of aliphatic imine (C=N–C) groups is 1. The Balaban J connectivity index is 2.18. The van der Waals surface area contributed by atoms with E-state index in [0.717, 1.165) is 38.5 Å². The molecular weight excluding hydrogens is 250 g/mol. The van der Waals surface area contributed by atoms with Gasteiger partial charge in [-0.2, -0.15) is 0 Å². The van der Waals surface area contributed by atoms with Gasteiger partial charge in [0, 0.05) is 33.9 Å². The third-order valence-corrected chi connectivity index (χ3v) is 3.12. The number of methoxy groups -OCH3 is 1. The number of aryl methyl sites for hydroxylation is 1. The first-order valence-corrected chi connectivity index (χ1v) is 7.25. The lowest BCUT2D eigenvalue weighted by Crippen LogP contribution is -2.37. The van der Waals surface area contributed by atoms with Gasteiger partial charge >= 0.3 is 0 Å². The molecule has 20 heavy (non-hydrogen) atoms. The fourth-order valence-electron chi connectivity index (χ4n) is 1.87. The molecule has 4 nitrogen and oxygen atoms in total. The normalized spacial score (nSPS) is 11.4. The van der Waals surface area contributed by atoms with Crippen LogP contribution >= 0.6 is 0 Å². The quantitative estimate of drug-likeness (QED) is 0.436. The number of guanidine groups is 1. The van der Waals surface area contributed by atoms with Gasteiger partial charge in [-0.15, -0.1) is 0 Å². The van der Waals surface area contributed by atoms with Crippen LogP contribution in [0.25, 0.3) is 0 Å². The smallest absolute Gasteiger partial charge is 0.191 e. The maximum atomic E-state index is 5.03. The van der Waals surface area contributed by atoms with Gasteiger partial charge in [0.15, 0.2) is 5.96 Å². The van der Waals surface area contributed by atoms with Gasteiger partial charge in [-0.3, -0.25) is 4.99 Å². The maximum absolute atomic E-state index is 5.03. The highest BCUT2D eigenvalue weighted by Gasteiger charge is 1.98. The Bertz CT molecular complexity index is 387. The SMILES string of the molecule is CN=C(NCCCCCOC)NCc1ccc(C)cc1. The molecule has 0 aliphatic carbocycles. The van der Waals surface area contributed by atoms with E-state index in [1.165, 1.54) is 17.5 Å². The Hall–Kier alpha value is -1.55. The Morgan fingerprint density at radius 1 is 1.10 bits per heavy atom. The molecule has 2 N–H and O–H groups in total. The summed E-state index contributed by atoms with van der Waals surface area (Å²) in [4.78, 5) is 4.22. The highest BCUT2D eigenvalue weighted by molar-refractivity contribution is 5.79. The van der Waals surface area contributed by atoms with Crippen LogP contribution < -0.4 is 10.6 Å². The molecule has 1 rings (SSSR count). The minimum absolute atomic E-state index is 0.795. The van der Waals surface area contributed by atoms with E-state index < -0.39 is 0 Å². The van der Waals surface area contributed by atoms with Crippen LogP contribution in [0.4, 0.5) is 0 Å². The second kappa shape index (κ2) is 10.3. The lowest BCUT2D eigenvalue weighted by molar-refractivity contribution is 0.192. The number of hydrogen-bond donors (Lipinski definition) is 2. The van der Waals surface area contributed by atoms with Crippen LogP contribution in [-0.4, -0.2) is 33.3 Å². The number of benzene rings is 1. The van der Waals surface area contributed by atoms with Gasteiger partial charge in [-0.1, -0.05) is 29.8 Å². The summed E-state index contributed by atoms with van der Waals surface area (Å²) in [6.45, 7) is 4.68. The average Bonchev–Trinajstić information content (AvgIpc) is 2.47. The molecule has 0 fully saturated rings. The molecule has 1 aromatic carbocycles. The summed E-state index contributed by atoms with van der Waals surface area (Å²) < 4.78 is 5.03. The van der Waals surface area contributed by atoms with Gasteiger partial charge in [-0.25, -0.2) is 0 Å². The van der Waals surface area contributed by atoms with Crippen molar-refractivity contribution < 1.29 is 4.74 Å². The lowest BCUT2D eigenvalue weighted by Gasteiger charge is -2.12. The molecule has 0 saturated carbocycles. The van der Waals surface area contributed by atoms with Crippen molar-refractivity contribution in [2.45, 2.75) is 32.7 Å². The van der Waals surface area contributed by atoms with E-state index >= 15 is 0 Å². The first kappa shape index (κ1) is 16.5. The maximum Gasteiger partial charge on any atom is 0.191 e. The molecule has 0 radical (unpaired) electrons. The Kier molecular flexibility index (Phi) is 8.47. The van der Waals surface area contributed by atoms with E-state index in [0.29, 0.717) is 0 Å². The minimum Gasteiger partial charge on any atom is -0.385 e. The van der Waals surface area contributed by atoms with E-state index in [2.05, 4.69) is 46.8 Å². The second-order valence-electron chi connectivity index (χ2n) is 4.89. The topological polar surface area (TPSA) is 45.7 Å². The minimum atomic E-state index is 0.795. The molecule has 0 atom stereocenters. The van der Waals surface area contributed by atoms with Gasteiger partial charge in [0.05, 0.1) is 0 Å². The van der Waals surface area contributed by atoms with Crippen molar-refractivity contribution in [1.82, 2.24) is 10.6 Å².